The van der Waals surface area contributed by atoms with Gasteiger partial charge in [-0.1, -0.05) is 23.4 Å². The lowest BCUT2D eigenvalue weighted by molar-refractivity contribution is 0.822. The second kappa shape index (κ2) is 4.42. The molecule has 0 saturated heterocycles. The highest BCUT2D eigenvalue weighted by Gasteiger charge is 2.06. The Bertz CT molecular complexity index is 703. The van der Waals surface area contributed by atoms with Gasteiger partial charge in [0.15, 0.2) is 0 Å². The SMILES string of the molecule is Cc1cc(-n2nnc3ccccc32)ccc1CCl. The molecule has 1 heterocycles. The minimum absolute atomic E-state index is 0.532. The quantitative estimate of drug-likeness (QED) is 0.658. The van der Waals surface area contributed by atoms with Gasteiger partial charge >= 0.3 is 0 Å². The number of halogens is 1. The first-order chi connectivity index (χ1) is 8.79. The number of benzene rings is 2. The van der Waals surface area contributed by atoms with E-state index in [1.807, 2.05) is 41.1 Å². The molecule has 4 heteroatoms. The van der Waals surface area contributed by atoms with Crippen molar-refractivity contribution in [3.63, 3.8) is 0 Å². The third-order valence-electron chi connectivity index (χ3n) is 3.07. The number of aromatic nitrogens is 3. The Morgan fingerprint density at radius 3 is 2.78 bits per heavy atom. The summed E-state index contributed by atoms with van der Waals surface area (Å²) in [5, 5.41) is 8.35. The van der Waals surface area contributed by atoms with E-state index in [0.29, 0.717) is 5.88 Å². The van der Waals surface area contributed by atoms with Crippen LogP contribution < -0.4 is 0 Å². The van der Waals surface area contributed by atoms with Crippen LogP contribution in [-0.4, -0.2) is 15.0 Å². The van der Waals surface area contributed by atoms with E-state index in [1.54, 1.807) is 0 Å². The third-order valence-corrected chi connectivity index (χ3v) is 3.35. The molecule has 18 heavy (non-hydrogen) atoms. The standard InChI is InChI=1S/C14H12ClN3/c1-10-8-12(7-6-11(10)9-15)18-14-5-3-2-4-13(14)16-17-18/h2-8H,9H2,1H3. The van der Waals surface area contributed by atoms with Crippen molar-refractivity contribution in [1.29, 1.82) is 0 Å². The van der Waals surface area contributed by atoms with Crippen LogP contribution >= 0.6 is 11.6 Å². The Hall–Kier alpha value is -1.87. The molecule has 0 bridgehead atoms. The van der Waals surface area contributed by atoms with Gasteiger partial charge in [0.05, 0.1) is 11.2 Å². The van der Waals surface area contributed by atoms with Crippen molar-refractivity contribution >= 4 is 22.6 Å². The van der Waals surface area contributed by atoms with Crippen LogP contribution in [0.2, 0.25) is 0 Å². The summed E-state index contributed by atoms with van der Waals surface area (Å²) in [7, 11) is 0. The molecule has 2 aromatic carbocycles. The molecule has 0 N–H and O–H groups in total. The monoisotopic (exact) mass is 257 g/mol. The summed E-state index contributed by atoms with van der Waals surface area (Å²) in [5.41, 5.74) is 5.23. The molecule has 1 aromatic heterocycles. The summed E-state index contributed by atoms with van der Waals surface area (Å²) < 4.78 is 1.85. The van der Waals surface area contributed by atoms with Gasteiger partial charge in [0.25, 0.3) is 0 Å². The van der Waals surface area contributed by atoms with Crippen LogP contribution in [-0.2, 0) is 5.88 Å². The van der Waals surface area contributed by atoms with Gasteiger partial charge in [-0.3, -0.25) is 0 Å². The summed E-state index contributed by atoms with van der Waals surface area (Å²) in [6.07, 6.45) is 0. The maximum atomic E-state index is 5.87. The molecule has 0 unspecified atom stereocenters. The zero-order valence-electron chi connectivity index (χ0n) is 9.97. The number of rotatable bonds is 2. The normalized spacial score (nSPS) is 11.0. The van der Waals surface area contributed by atoms with Gasteiger partial charge in [-0.05, 0) is 42.3 Å². The van der Waals surface area contributed by atoms with Crippen molar-refractivity contribution in [1.82, 2.24) is 15.0 Å². The smallest absolute Gasteiger partial charge is 0.113 e. The average molecular weight is 258 g/mol. The van der Waals surface area contributed by atoms with E-state index in [-0.39, 0.29) is 0 Å². The van der Waals surface area contributed by atoms with Crippen LogP contribution in [0.5, 0.6) is 0 Å². The number of para-hydroxylation sites is 1. The fourth-order valence-electron chi connectivity index (χ4n) is 2.02. The molecule has 3 rings (SSSR count). The van der Waals surface area contributed by atoms with E-state index in [4.69, 9.17) is 11.6 Å². The lowest BCUT2D eigenvalue weighted by Crippen LogP contribution is -1.98. The lowest BCUT2D eigenvalue weighted by atomic mass is 10.1. The first-order valence-electron chi connectivity index (χ1n) is 5.76. The molecule has 0 amide bonds. The fraction of sp³-hybridized carbons (Fsp3) is 0.143. The summed E-state index contributed by atoms with van der Waals surface area (Å²) in [6, 6.07) is 14.1. The molecule has 0 aliphatic heterocycles. The highest BCUT2D eigenvalue weighted by atomic mass is 35.5. The van der Waals surface area contributed by atoms with E-state index >= 15 is 0 Å². The molecule has 0 aliphatic carbocycles. The topological polar surface area (TPSA) is 30.7 Å². The summed E-state index contributed by atoms with van der Waals surface area (Å²) in [4.78, 5) is 0. The highest BCUT2D eigenvalue weighted by Crippen LogP contribution is 2.19. The summed E-state index contributed by atoms with van der Waals surface area (Å²) in [5.74, 6) is 0.532. The van der Waals surface area contributed by atoms with Crippen LogP contribution in [0.3, 0.4) is 0 Å². The first-order valence-corrected chi connectivity index (χ1v) is 6.29. The van der Waals surface area contributed by atoms with E-state index in [0.717, 1.165) is 22.3 Å². The van der Waals surface area contributed by atoms with E-state index in [1.165, 1.54) is 5.56 Å². The second-order valence-electron chi connectivity index (χ2n) is 4.23. The molecule has 0 atom stereocenters. The third kappa shape index (κ3) is 1.77. The van der Waals surface area contributed by atoms with Crippen LogP contribution in [0, 0.1) is 6.92 Å². The molecule has 3 aromatic rings. The van der Waals surface area contributed by atoms with Gasteiger partial charge in [-0.2, -0.15) is 0 Å². The van der Waals surface area contributed by atoms with Gasteiger partial charge in [0.2, 0.25) is 0 Å². The Balaban J connectivity index is 2.17. The maximum absolute atomic E-state index is 5.87. The van der Waals surface area contributed by atoms with Crippen LogP contribution in [0.1, 0.15) is 11.1 Å². The second-order valence-corrected chi connectivity index (χ2v) is 4.50. The molecular weight excluding hydrogens is 246 g/mol. The van der Waals surface area contributed by atoms with Gasteiger partial charge < -0.3 is 0 Å². The molecule has 3 nitrogen and oxygen atoms in total. The van der Waals surface area contributed by atoms with Crippen molar-refractivity contribution in [2.75, 3.05) is 0 Å². The van der Waals surface area contributed by atoms with Gasteiger partial charge in [0.1, 0.15) is 5.52 Å². The molecule has 0 aliphatic rings. The van der Waals surface area contributed by atoms with Gasteiger partial charge in [-0.15, -0.1) is 16.7 Å². The van der Waals surface area contributed by atoms with Gasteiger partial charge in [0, 0.05) is 5.88 Å². The summed E-state index contributed by atoms with van der Waals surface area (Å²) in [6.45, 7) is 2.06. The number of fused-ring (bicyclic) bond motifs is 1. The predicted molar refractivity (Wildman–Crippen MR) is 73.2 cm³/mol. The van der Waals surface area contributed by atoms with E-state index < -0.39 is 0 Å². The maximum Gasteiger partial charge on any atom is 0.113 e. The molecular formula is C14H12ClN3. The summed E-state index contributed by atoms with van der Waals surface area (Å²) >= 11 is 5.87. The highest BCUT2D eigenvalue weighted by molar-refractivity contribution is 6.17. The largest absolute Gasteiger partial charge is 0.213 e. The number of nitrogens with zero attached hydrogens (tertiary/aromatic N) is 3. The van der Waals surface area contributed by atoms with Crippen molar-refractivity contribution in [2.45, 2.75) is 12.8 Å². The molecule has 0 spiro atoms. The number of alkyl halides is 1. The van der Waals surface area contributed by atoms with Crippen molar-refractivity contribution in [3.05, 3.63) is 53.6 Å². The molecule has 0 saturated carbocycles. The predicted octanol–water partition coefficient (Wildman–Crippen LogP) is 3.47. The zero-order valence-corrected chi connectivity index (χ0v) is 10.7. The number of hydrogen-bond donors (Lipinski definition) is 0. The van der Waals surface area contributed by atoms with Crippen molar-refractivity contribution in [3.8, 4) is 5.69 Å². The average Bonchev–Trinajstić information content (AvgIpc) is 2.82. The van der Waals surface area contributed by atoms with Gasteiger partial charge in [-0.25, -0.2) is 4.68 Å². The van der Waals surface area contributed by atoms with Crippen molar-refractivity contribution in [2.24, 2.45) is 0 Å². The van der Waals surface area contributed by atoms with E-state index in [9.17, 15) is 0 Å². The Kier molecular flexibility index (Phi) is 2.76. The first kappa shape index (κ1) is 11.2. The Morgan fingerprint density at radius 2 is 2.00 bits per heavy atom. The zero-order chi connectivity index (χ0) is 12.5. The van der Waals surface area contributed by atoms with Crippen LogP contribution in [0.25, 0.3) is 16.7 Å². The fourth-order valence-corrected chi connectivity index (χ4v) is 2.32. The number of hydrogen-bond acceptors (Lipinski definition) is 2. The minimum atomic E-state index is 0.532. The van der Waals surface area contributed by atoms with Crippen LogP contribution in [0.15, 0.2) is 42.5 Å². The Morgan fingerprint density at radius 1 is 1.17 bits per heavy atom. The minimum Gasteiger partial charge on any atom is -0.213 e. The van der Waals surface area contributed by atoms with Crippen LogP contribution in [0.4, 0.5) is 0 Å². The number of aryl methyl sites for hydroxylation is 1. The lowest BCUT2D eigenvalue weighted by Gasteiger charge is -2.06. The molecule has 0 radical (unpaired) electrons. The Labute approximate surface area is 110 Å². The van der Waals surface area contributed by atoms with E-state index in [2.05, 4.69) is 23.3 Å². The molecule has 90 valence electrons. The molecule has 0 fully saturated rings. The van der Waals surface area contributed by atoms with Crippen molar-refractivity contribution < 1.29 is 0 Å².